The van der Waals surface area contributed by atoms with Gasteiger partial charge in [0.15, 0.2) is 0 Å². The highest BCUT2D eigenvalue weighted by molar-refractivity contribution is 6.21. The molecule has 0 atom stereocenters. The van der Waals surface area contributed by atoms with Crippen molar-refractivity contribution in [2.75, 3.05) is 0 Å². The molecule has 0 saturated heterocycles. The minimum absolute atomic E-state index is 0.0976. The molecule has 1 aliphatic rings. The van der Waals surface area contributed by atoms with Gasteiger partial charge in [-0.25, -0.2) is 4.79 Å². The largest absolute Gasteiger partial charge is 0.364 e. The van der Waals surface area contributed by atoms with Gasteiger partial charge in [0.05, 0.1) is 22.2 Å². The second-order valence-corrected chi connectivity index (χ2v) is 6.60. The monoisotopic (exact) mass is 360 g/mol. The third-order valence-electron chi connectivity index (χ3n) is 4.48. The van der Waals surface area contributed by atoms with Gasteiger partial charge in [0.25, 0.3) is 11.8 Å². The Morgan fingerprint density at radius 2 is 1.56 bits per heavy atom. The highest BCUT2D eigenvalue weighted by Gasteiger charge is 2.39. The van der Waals surface area contributed by atoms with Crippen molar-refractivity contribution in [3.63, 3.8) is 0 Å². The molecule has 6 heteroatoms. The number of hydrogen-bond donors (Lipinski definition) is 0. The Bertz CT molecular complexity index is 1070. The van der Waals surface area contributed by atoms with E-state index < -0.39 is 17.8 Å². The fraction of sp³-hybridized carbons (Fsp3) is 0.143. The van der Waals surface area contributed by atoms with Crippen LogP contribution in [-0.4, -0.2) is 27.8 Å². The molecule has 1 aliphatic heterocycles. The average molecular weight is 360 g/mol. The first-order chi connectivity index (χ1) is 13.0. The molecule has 1 aromatic heterocycles. The van der Waals surface area contributed by atoms with Crippen molar-refractivity contribution in [1.82, 2.24) is 10.0 Å². The first kappa shape index (κ1) is 16.9. The first-order valence-corrected chi connectivity index (χ1v) is 8.57. The van der Waals surface area contributed by atoms with Gasteiger partial charge in [-0.05, 0) is 30.2 Å². The maximum absolute atomic E-state index is 12.8. The molecule has 0 fully saturated rings. The van der Waals surface area contributed by atoms with Crippen LogP contribution in [0.15, 0.2) is 54.6 Å². The fourth-order valence-electron chi connectivity index (χ4n) is 3.04. The van der Waals surface area contributed by atoms with E-state index in [1.807, 2.05) is 19.9 Å². The van der Waals surface area contributed by atoms with Crippen molar-refractivity contribution in [3.8, 4) is 0 Å². The summed E-state index contributed by atoms with van der Waals surface area (Å²) >= 11 is 0. The Kier molecular flexibility index (Phi) is 3.96. The summed E-state index contributed by atoms with van der Waals surface area (Å²) in [6, 6.07) is 15.2. The molecule has 0 bridgehead atoms. The molecular formula is C21H16N2O4. The zero-order chi connectivity index (χ0) is 19.1. The van der Waals surface area contributed by atoms with Gasteiger partial charge >= 0.3 is 5.97 Å². The molecule has 0 N–H and O–H groups in total. The molecule has 3 aromatic rings. The van der Waals surface area contributed by atoms with Crippen LogP contribution in [0.1, 0.15) is 56.5 Å². The van der Waals surface area contributed by atoms with Gasteiger partial charge in [0.1, 0.15) is 0 Å². The van der Waals surface area contributed by atoms with E-state index in [2.05, 4.69) is 4.98 Å². The lowest BCUT2D eigenvalue weighted by molar-refractivity contribution is -0.0583. The van der Waals surface area contributed by atoms with E-state index in [1.165, 1.54) is 12.1 Å². The Hall–Kier alpha value is -3.54. The number of carbonyl (C=O) groups is 3. The molecule has 2 heterocycles. The number of fused-ring (bicyclic) bond motifs is 2. The van der Waals surface area contributed by atoms with Crippen LogP contribution in [0.4, 0.5) is 0 Å². The lowest BCUT2D eigenvalue weighted by atomic mass is 10.0. The number of amides is 2. The number of para-hydroxylation sites is 1. The van der Waals surface area contributed by atoms with E-state index in [-0.39, 0.29) is 22.6 Å². The van der Waals surface area contributed by atoms with Crippen LogP contribution in [-0.2, 0) is 4.84 Å². The van der Waals surface area contributed by atoms with Crippen LogP contribution in [0.25, 0.3) is 10.9 Å². The summed E-state index contributed by atoms with van der Waals surface area (Å²) < 4.78 is 0. The number of hydrogen-bond acceptors (Lipinski definition) is 5. The van der Waals surface area contributed by atoms with E-state index >= 15 is 0 Å². The van der Waals surface area contributed by atoms with E-state index in [1.54, 1.807) is 36.4 Å². The third kappa shape index (κ3) is 2.75. The van der Waals surface area contributed by atoms with Crippen molar-refractivity contribution in [3.05, 3.63) is 77.0 Å². The molecule has 0 spiro atoms. The summed E-state index contributed by atoms with van der Waals surface area (Å²) in [6.45, 7) is 3.94. The fourth-order valence-corrected chi connectivity index (χ4v) is 3.04. The predicted molar refractivity (Wildman–Crippen MR) is 98.2 cm³/mol. The van der Waals surface area contributed by atoms with Gasteiger partial charge in [0, 0.05) is 11.1 Å². The van der Waals surface area contributed by atoms with Crippen LogP contribution in [0.5, 0.6) is 0 Å². The Balaban J connectivity index is 1.72. The van der Waals surface area contributed by atoms with Gasteiger partial charge < -0.3 is 4.84 Å². The van der Waals surface area contributed by atoms with Gasteiger partial charge in [-0.3, -0.25) is 14.6 Å². The van der Waals surface area contributed by atoms with Crippen LogP contribution in [0.2, 0.25) is 0 Å². The zero-order valence-electron chi connectivity index (χ0n) is 14.8. The van der Waals surface area contributed by atoms with E-state index in [0.717, 1.165) is 5.69 Å². The molecule has 134 valence electrons. The Labute approximate surface area is 155 Å². The summed E-state index contributed by atoms with van der Waals surface area (Å²) in [4.78, 5) is 47.5. The number of carbonyl (C=O) groups excluding carboxylic acids is 3. The molecule has 0 unspecified atom stereocenters. The average Bonchev–Trinajstić information content (AvgIpc) is 2.92. The van der Waals surface area contributed by atoms with Gasteiger partial charge in [-0.15, -0.1) is 0 Å². The molecule has 2 aromatic carbocycles. The van der Waals surface area contributed by atoms with Crippen LogP contribution in [0.3, 0.4) is 0 Å². The smallest absolute Gasteiger partial charge is 0.324 e. The Morgan fingerprint density at radius 1 is 0.963 bits per heavy atom. The summed E-state index contributed by atoms with van der Waals surface area (Å²) in [5.74, 6) is -1.97. The molecule has 0 radical (unpaired) electrons. The highest BCUT2D eigenvalue weighted by Crippen LogP contribution is 2.26. The number of rotatable bonds is 3. The first-order valence-electron chi connectivity index (χ1n) is 8.57. The quantitative estimate of drug-likeness (QED) is 0.665. The highest BCUT2D eigenvalue weighted by atomic mass is 16.7. The number of benzene rings is 2. The molecular weight excluding hydrogens is 344 g/mol. The lowest BCUT2D eigenvalue weighted by Gasteiger charge is -2.15. The predicted octanol–water partition coefficient (Wildman–Crippen LogP) is 3.73. The van der Waals surface area contributed by atoms with E-state index in [0.29, 0.717) is 16.0 Å². The van der Waals surface area contributed by atoms with Gasteiger partial charge in [-0.1, -0.05) is 49.2 Å². The van der Waals surface area contributed by atoms with Gasteiger partial charge in [0.2, 0.25) is 0 Å². The Morgan fingerprint density at radius 3 is 2.19 bits per heavy atom. The van der Waals surface area contributed by atoms with Crippen molar-refractivity contribution < 1.29 is 19.2 Å². The van der Waals surface area contributed by atoms with Crippen LogP contribution < -0.4 is 0 Å². The minimum atomic E-state index is -0.773. The number of pyridine rings is 1. The lowest BCUT2D eigenvalue weighted by Crippen LogP contribution is -2.32. The molecule has 0 aliphatic carbocycles. The third-order valence-corrected chi connectivity index (χ3v) is 4.48. The second kappa shape index (κ2) is 6.32. The van der Waals surface area contributed by atoms with Gasteiger partial charge in [-0.2, -0.15) is 0 Å². The normalized spacial score (nSPS) is 13.4. The number of hydroxylamine groups is 2. The minimum Gasteiger partial charge on any atom is -0.324 e. The number of aromatic nitrogens is 1. The van der Waals surface area contributed by atoms with Crippen molar-refractivity contribution in [2.45, 2.75) is 19.8 Å². The van der Waals surface area contributed by atoms with Crippen molar-refractivity contribution in [2.24, 2.45) is 0 Å². The maximum Gasteiger partial charge on any atom is 0.364 e. The second-order valence-electron chi connectivity index (χ2n) is 6.60. The van der Waals surface area contributed by atoms with Crippen LogP contribution in [0, 0.1) is 0 Å². The summed E-state index contributed by atoms with van der Waals surface area (Å²) in [5, 5.41) is 1.13. The SMILES string of the molecule is CC(C)c1cc(C(=O)ON2C(=O)c3ccccc3C2=O)c2ccccc2n1. The van der Waals surface area contributed by atoms with Crippen molar-refractivity contribution in [1.29, 1.82) is 0 Å². The van der Waals surface area contributed by atoms with Crippen LogP contribution >= 0.6 is 0 Å². The maximum atomic E-state index is 12.8. The molecule has 4 rings (SSSR count). The van der Waals surface area contributed by atoms with E-state index in [9.17, 15) is 14.4 Å². The summed E-state index contributed by atoms with van der Waals surface area (Å²) in [6.07, 6.45) is 0. The standard InChI is InChI=1S/C21H16N2O4/c1-12(2)18-11-16(13-7-5-6-10-17(13)22-18)21(26)27-23-19(24)14-8-3-4-9-15(14)20(23)25/h3-12H,1-2H3. The summed E-state index contributed by atoms with van der Waals surface area (Å²) in [5.41, 5.74) is 2.08. The number of imide groups is 1. The molecule has 0 saturated carbocycles. The zero-order valence-corrected chi connectivity index (χ0v) is 14.8. The molecule has 2 amide bonds. The molecule has 27 heavy (non-hydrogen) atoms. The topological polar surface area (TPSA) is 76.6 Å². The summed E-state index contributed by atoms with van der Waals surface area (Å²) in [7, 11) is 0. The number of nitrogens with zero attached hydrogens (tertiary/aromatic N) is 2. The van der Waals surface area contributed by atoms with Crippen molar-refractivity contribution >= 4 is 28.7 Å². The molecule has 6 nitrogen and oxygen atoms in total. The van der Waals surface area contributed by atoms with E-state index in [4.69, 9.17) is 4.84 Å².